The lowest BCUT2D eigenvalue weighted by molar-refractivity contribution is -0.136. The van der Waals surface area contributed by atoms with Crippen LogP contribution in [0, 0.1) is 11.3 Å². The van der Waals surface area contributed by atoms with E-state index in [9.17, 15) is 4.79 Å². The first kappa shape index (κ1) is 10.1. The van der Waals surface area contributed by atoms with E-state index in [0.717, 1.165) is 5.56 Å². The number of carbonyl (C=O) groups is 1. The normalized spacial score (nSPS) is 9.36. The summed E-state index contributed by atoms with van der Waals surface area (Å²) in [7, 11) is 0. The Morgan fingerprint density at radius 2 is 2.29 bits per heavy atom. The third-order valence-electron chi connectivity index (χ3n) is 1.86. The molecular formula is C10H10N2O2. The molecule has 0 amide bonds. The van der Waals surface area contributed by atoms with Gasteiger partial charge in [-0.25, -0.2) is 0 Å². The minimum Gasteiger partial charge on any atom is -0.481 e. The highest BCUT2D eigenvalue weighted by atomic mass is 16.4. The zero-order valence-corrected chi connectivity index (χ0v) is 7.53. The zero-order valence-electron chi connectivity index (χ0n) is 7.53. The molecule has 4 heteroatoms. The number of carboxylic acid groups (broad SMARTS) is 1. The molecule has 0 heterocycles. The number of rotatable bonds is 3. The summed E-state index contributed by atoms with van der Waals surface area (Å²) in [5, 5.41) is 17.2. The average molecular weight is 190 g/mol. The summed E-state index contributed by atoms with van der Waals surface area (Å²) in [6.07, 6.45) is 0.386. The molecule has 0 aliphatic rings. The Morgan fingerprint density at radius 3 is 2.86 bits per heavy atom. The summed E-state index contributed by atoms with van der Waals surface area (Å²) in [6.45, 7) is 0. The number of carboxylic acids is 1. The second-order valence-electron chi connectivity index (χ2n) is 2.92. The van der Waals surface area contributed by atoms with Gasteiger partial charge in [-0.05, 0) is 24.1 Å². The maximum atomic E-state index is 10.3. The van der Waals surface area contributed by atoms with Crippen LogP contribution in [0.1, 0.15) is 17.5 Å². The monoisotopic (exact) mass is 190 g/mol. The lowest BCUT2D eigenvalue weighted by Crippen LogP contribution is -1.99. The number of hydrogen-bond donors (Lipinski definition) is 2. The van der Waals surface area contributed by atoms with Gasteiger partial charge < -0.3 is 10.8 Å². The SMILES string of the molecule is N#Cc1cc(N)ccc1CCC(=O)O. The molecule has 0 atom stereocenters. The minimum absolute atomic E-state index is 0.0264. The van der Waals surface area contributed by atoms with Crippen LogP contribution in [0.5, 0.6) is 0 Å². The van der Waals surface area contributed by atoms with E-state index in [1.54, 1.807) is 18.2 Å². The number of nitrogens with zero attached hydrogens (tertiary/aromatic N) is 1. The fourth-order valence-corrected chi connectivity index (χ4v) is 1.16. The predicted molar refractivity (Wildman–Crippen MR) is 51.5 cm³/mol. The number of nitriles is 1. The predicted octanol–water partition coefficient (Wildman–Crippen LogP) is 1.16. The van der Waals surface area contributed by atoms with Gasteiger partial charge in [0.25, 0.3) is 0 Å². The maximum absolute atomic E-state index is 10.3. The number of benzene rings is 1. The molecule has 0 aliphatic heterocycles. The third-order valence-corrected chi connectivity index (χ3v) is 1.86. The lowest BCUT2D eigenvalue weighted by atomic mass is 10.0. The van der Waals surface area contributed by atoms with E-state index in [1.807, 2.05) is 6.07 Å². The van der Waals surface area contributed by atoms with E-state index in [1.165, 1.54) is 0 Å². The van der Waals surface area contributed by atoms with Crippen LogP contribution < -0.4 is 5.73 Å². The van der Waals surface area contributed by atoms with Gasteiger partial charge in [0, 0.05) is 12.1 Å². The molecule has 0 aromatic heterocycles. The summed E-state index contributed by atoms with van der Waals surface area (Å²) in [4.78, 5) is 10.3. The van der Waals surface area contributed by atoms with Crippen LogP contribution in [0.2, 0.25) is 0 Å². The molecule has 1 aromatic rings. The second-order valence-corrected chi connectivity index (χ2v) is 2.92. The molecule has 0 fully saturated rings. The average Bonchev–Trinajstić information content (AvgIpc) is 2.15. The highest BCUT2D eigenvalue weighted by Gasteiger charge is 2.04. The molecule has 0 unspecified atom stereocenters. The Morgan fingerprint density at radius 1 is 1.57 bits per heavy atom. The summed E-state index contributed by atoms with van der Waals surface area (Å²) >= 11 is 0. The number of anilines is 1. The smallest absolute Gasteiger partial charge is 0.303 e. The van der Waals surface area contributed by atoms with Crippen molar-refractivity contribution < 1.29 is 9.90 Å². The number of aryl methyl sites for hydroxylation is 1. The summed E-state index contributed by atoms with van der Waals surface area (Å²) in [6, 6.07) is 6.90. The van der Waals surface area contributed by atoms with Gasteiger partial charge in [-0.2, -0.15) is 5.26 Å². The van der Waals surface area contributed by atoms with Crippen LogP contribution in [0.4, 0.5) is 5.69 Å². The largest absolute Gasteiger partial charge is 0.481 e. The summed E-state index contributed by atoms with van der Waals surface area (Å²) in [5.74, 6) is -0.870. The fraction of sp³-hybridized carbons (Fsp3) is 0.200. The molecule has 14 heavy (non-hydrogen) atoms. The minimum atomic E-state index is -0.870. The Bertz CT molecular complexity index is 394. The highest BCUT2D eigenvalue weighted by molar-refractivity contribution is 5.67. The van der Waals surface area contributed by atoms with Gasteiger partial charge in [0.15, 0.2) is 0 Å². The topological polar surface area (TPSA) is 87.1 Å². The standard InChI is InChI=1S/C10H10N2O2/c11-6-8-5-9(12)3-1-7(8)2-4-10(13)14/h1,3,5H,2,4,12H2,(H,13,14). The molecule has 0 radical (unpaired) electrons. The second kappa shape index (κ2) is 4.28. The Labute approximate surface area is 81.6 Å². The van der Waals surface area contributed by atoms with Crippen molar-refractivity contribution in [3.8, 4) is 6.07 Å². The van der Waals surface area contributed by atoms with Crippen LogP contribution in [0.15, 0.2) is 18.2 Å². The van der Waals surface area contributed by atoms with Crippen LogP contribution >= 0.6 is 0 Å². The van der Waals surface area contributed by atoms with E-state index < -0.39 is 5.97 Å². The van der Waals surface area contributed by atoms with Crippen LogP contribution in [0.25, 0.3) is 0 Å². The first-order valence-corrected chi connectivity index (χ1v) is 4.14. The van der Waals surface area contributed by atoms with Crippen molar-refractivity contribution in [2.75, 3.05) is 5.73 Å². The lowest BCUT2D eigenvalue weighted by Gasteiger charge is -2.02. The third kappa shape index (κ3) is 2.49. The molecule has 0 bridgehead atoms. The number of nitrogen functional groups attached to an aromatic ring is 1. The van der Waals surface area contributed by atoms with E-state index in [2.05, 4.69) is 0 Å². The van der Waals surface area contributed by atoms with Crippen molar-refractivity contribution in [2.24, 2.45) is 0 Å². The van der Waals surface area contributed by atoms with Crippen LogP contribution in [-0.4, -0.2) is 11.1 Å². The molecule has 1 rings (SSSR count). The molecule has 72 valence electrons. The summed E-state index contributed by atoms with van der Waals surface area (Å²) < 4.78 is 0. The first-order chi connectivity index (χ1) is 6.63. The maximum Gasteiger partial charge on any atom is 0.303 e. The van der Waals surface area contributed by atoms with Crippen LogP contribution in [0.3, 0.4) is 0 Å². The molecule has 4 nitrogen and oxygen atoms in total. The molecule has 1 aromatic carbocycles. The first-order valence-electron chi connectivity index (χ1n) is 4.14. The molecule has 0 aliphatic carbocycles. The Hall–Kier alpha value is -2.02. The van der Waals surface area contributed by atoms with Gasteiger partial charge >= 0.3 is 5.97 Å². The molecular weight excluding hydrogens is 180 g/mol. The van der Waals surface area contributed by atoms with Crippen molar-refractivity contribution in [3.05, 3.63) is 29.3 Å². The number of hydrogen-bond acceptors (Lipinski definition) is 3. The van der Waals surface area contributed by atoms with Gasteiger partial charge in [0.05, 0.1) is 11.6 Å². The van der Waals surface area contributed by atoms with Crippen molar-refractivity contribution in [1.82, 2.24) is 0 Å². The quantitative estimate of drug-likeness (QED) is 0.700. The van der Waals surface area contributed by atoms with E-state index in [0.29, 0.717) is 17.7 Å². The molecule has 0 spiro atoms. The number of aliphatic carboxylic acids is 1. The van der Waals surface area contributed by atoms with E-state index in [-0.39, 0.29) is 6.42 Å². The van der Waals surface area contributed by atoms with E-state index >= 15 is 0 Å². The number of nitrogens with two attached hydrogens (primary N) is 1. The zero-order chi connectivity index (χ0) is 10.6. The van der Waals surface area contributed by atoms with Crippen molar-refractivity contribution >= 4 is 11.7 Å². The van der Waals surface area contributed by atoms with Gasteiger partial charge in [-0.1, -0.05) is 6.07 Å². The van der Waals surface area contributed by atoms with Crippen molar-refractivity contribution in [1.29, 1.82) is 5.26 Å². The van der Waals surface area contributed by atoms with Gasteiger partial charge in [-0.3, -0.25) is 4.79 Å². The van der Waals surface area contributed by atoms with Crippen molar-refractivity contribution in [2.45, 2.75) is 12.8 Å². The fourth-order valence-electron chi connectivity index (χ4n) is 1.16. The molecule has 0 saturated heterocycles. The molecule has 3 N–H and O–H groups in total. The van der Waals surface area contributed by atoms with Crippen LogP contribution in [-0.2, 0) is 11.2 Å². The van der Waals surface area contributed by atoms with Gasteiger partial charge in [0.2, 0.25) is 0 Å². The summed E-state index contributed by atoms with van der Waals surface area (Å²) in [5.41, 5.74) is 7.18. The van der Waals surface area contributed by atoms with E-state index in [4.69, 9.17) is 16.1 Å². The van der Waals surface area contributed by atoms with Gasteiger partial charge in [-0.15, -0.1) is 0 Å². The highest BCUT2D eigenvalue weighted by Crippen LogP contribution is 2.14. The Kier molecular flexibility index (Phi) is 3.08. The Balaban J connectivity index is 2.87. The molecule has 0 saturated carbocycles. The van der Waals surface area contributed by atoms with Gasteiger partial charge in [0.1, 0.15) is 0 Å². The van der Waals surface area contributed by atoms with Crippen molar-refractivity contribution in [3.63, 3.8) is 0 Å².